The van der Waals surface area contributed by atoms with E-state index in [0.717, 1.165) is 29.2 Å². The molecule has 0 radical (unpaired) electrons. The van der Waals surface area contributed by atoms with Crippen molar-refractivity contribution >= 4 is 23.2 Å². The molecule has 0 spiro atoms. The largest absolute Gasteiger partial charge is 0.294 e. The Morgan fingerprint density at radius 1 is 1.31 bits per heavy atom. The van der Waals surface area contributed by atoms with Crippen molar-refractivity contribution in [1.29, 1.82) is 0 Å². The average Bonchev–Trinajstić information content (AvgIpc) is 2.85. The van der Waals surface area contributed by atoms with Crippen molar-refractivity contribution in [2.24, 2.45) is 5.92 Å². The van der Waals surface area contributed by atoms with Gasteiger partial charge in [-0.25, -0.2) is 4.98 Å². The Morgan fingerprint density at radius 2 is 2.19 bits per heavy atom. The highest BCUT2D eigenvalue weighted by molar-refractivity contribution is 6.32. The predicted molar refractivity (Wildman–Crippen MR) is 65.8 cm³/mol. The first-order chi connectivity index (χ1) is 7.72. The van der Waals surface area contributed by atoms with E-state index in [1.807, 2.05) is 6.07 Å². The second-order valence-electron chi connectivity index (χ2n) is 4.82. The normalized spacial score (nSPS) is 28.9. The third-order valence-electron chi connectivity index (χ3n) is 3.76. The first kappa shape index (κ1) is 10.8. The number of halogens is 2. The minimum Gasteiger partial charge on any atom is -0.294 e. The lowest BCUT2D eigenvalue weighted by molar-refractivity contribution is 0.203. The second kappa shape index (κ2) is 4.17. The molecule has 1 saturated carbocycles. The highest BCUT2D eigenvalue weighted by Gasteiger charge is 2.37. The molecule has 0 N–H and O–H groups in total. The lowest BCUT2D eigenvalue weighted by atomic mass is 10.1. The first-order valence-electron chi connectivity index (χ1n) is 5.77. The van der Waals surface area contributed by atoms with Crippen LogP contribution in [0.25, 0.3) is 0 Å². The summed E-state index contributed by atoms with van der Waals surface area (Å²) < 4.78 is 0. The molecule has 1 aromatic heterocycles. The van der Waals surface area contributed by atoms with Crippen molar-refractivity contribution in [3.05, 3.63) is 28.0 Å². The molecule has 0 aromatic carbocycles. The maximum atomic E-state index is 6.13. The molecule has 3 rings (SSSR count). The quantitative estimate of drug-likeness (QED) is 0.755. The average molecular weight is 257 g/mol. The lowest BCUT2D eigenvalue weighted by Crippen LogP contribution is -2.31. The summed E-state index contributed by atoms with van der Waals surface area (Å²) >= 11 is 12.0. The lowest BCUT2D eigenvalue weighted by Gasteiger charge is -2.26. The molecule has 0 amide bonds. The Hall–Kier alpha value is -0.310. The van der Waals surface area contributed by atoms with E-state index in [9.17, 15) is 0 Å². The second-order valence-corrected chi connectivity index (χ2v) is 5.62. The van der Waals surface area contributed by atoms with Crippen LogP contribution in [0.3, 0.4) is 0 Å². The molecule has 2 atom stereocenters. The van der Waals surface area contributed by atoms with Crippen molar-refractivity contribution in [2.45, 2.75) is 31.8 Å². The highest BCUT2D eigenvalue weighted by Crippen LogP contribution is 2.38. The Bertz CT molecular complexity index is 408. The molecule has 2 nitrogen and oxygen atoms in total. The minimum absolute atomic E-state index is 0.531. The SMILES string of the molecule is Clc1ccc(Cl)c(CN2CC3CCC2C3)n1. The van der Waals surface area contributed by atoms with Crippen LogP contribution in [-0.2, 0) is 6.54 Å². The molecule has 2 unspecified atom stereocenters. The highest BCUT2D eigenvalue weighted by atomic mass is 35.5. The molecule has 2 aliphatic rings. The van der Waals surface area contributed by atoms with E-state index >= 15 is 0 Å². The first-order valence-corrected chi connectivity index (χ1v) is 6.53. The summed E-state index contributed by atoms with van der Waals surface area (Å²) in [5.74, 6) is 0.906. The number of pyridine rings is 1. The summed E-state index contributed by atoms with van der Waals surface area (Å²) in [5.41, 5.74) is 0.918. The summed E-state index contributed by atoms with van der Waals surface area (Å²) in [6.07, 6.45) is 4.10. The van der Waals surface area contributed by atoms with Gasteiger partial charge in [-0.1, -0.05) is 23.2 Å². The van der Waals surface area contributed by atoms with Crippen LogP contribution in [0.4, 0.5) is 0 Å². The number of rotatable bonds is 2. The standard InChI is InChI=1S/C12H14Cl2N2/c13-10-3-4-12(14)15-11(10)7-16-6-8-1-2-9(16)5-8/h3-4,8-9H,1-2,5-7H2. The fraction of sp³-hybridized carbons (Fsp3) is 0.583. The van der Waals surface area contributed by atoms with E-state index in [4.69, 9.17) is 23.2 Å². The molecule has 86 valence electrons. The van der Waals surface area contributed by atoms with Gasteiger partial charge < -0.3 is 0 Å². The van der Waals surface area contributed by atoms with Gasteiger partial charge in [0, 0.05) is 19.1 Å². The van der Waals surface area contributed by atoms with Crippen LogP contribution in [0.5, 0.6) is 0 Å². The minimum atomic E-state index is 0.531. The van der Waals surface area contributed by atoms with Gasteiger partial charge in [-0.3, -0.25) is 4.90 Å². The van der Waals surface area contributed by atoms with Gasteiger partial charge in [0.2, 0.25) is 0 Å². The molecule has 1 saturated heterocycles. The van der Waals surface area contributed by atoms with E-state index in [1.165, 1.54) is 25.8 Å². The van der Waals surface area contributed by atoms with E-state index in [-0.39, 0.29) is 0 Å². The number of hydrogen-bond donors (Lipinski definition) is 0. The summed E-state index contributed by atoms with van der Waals surface area (Å²) in [7, 11) is 0. The summed E-state index contributed by atoms with van der Waals surface area (Å²) in [5, 5.41) is 1.26. The van der Waals surface area contributed by atoms with Crippen molar-refractivity contribution in [1.82, 2.24) is 9.88 Å². The molecule has 2 bridgehead atoms. The van der Waals surface area contributed by atoms with E-state index < -0.39 is 0 Å². The summed E-state index contributed by atoms with van der Waals surface area (Å²) in [4.78, 5) is 6.81. The molecular weight excluding hydrogens is 243 g/mol. The molecule has 16 heavy (non-hydrogen) atoms. The molecular formula is C12H14Cl2N2. The molecule has 2 heterocycles. The van der Waals surface area contributed by atoms with Gasteiger partial charge in [0.05, 0.1) is 10.7 Å². The zero-order chi connectivity index (χ0) is 11.1. The molecule has 1 aromatic rings. The third-order valence-corrected chi connectivity index (χ3v) is 4.31. The topological polar surface area (TPSA) is 16.1 Å². The van der Waals surface area contributed by atoms with Crippen molar-refractivity contribution in [2.75, 3.05) is 6.54 Å². The number of likely N-dealkylation sites (tertiary alicyclic amines) is 1. The fourth-order valence-corrected chi connectivity index (χ4v) is 3.31. The number of fused-ring (bicyclic) bond motifs is 2. The number of aromatic nitrogens is 1. The van der Waals surface area contributed by atoms with Gasteiger partial charge in [0.15, 0.2) is 0 Å². The monoisotopic (exact) mass is 256 g/mol. The predicted octanol–water partition coefficient (Wildman–Crippen LogP) is 3.37. The molecule has 4 heteroatoms. The smallest absolute Gasteiger partial charge is 0.129 e. The van der Waals surface area contributed by atoms with Crippen LogP contribution in [0.2, 0.25) is 10.2 Å². The van der Waals surface area contributed by atoms with Gasteiger partial charge in [-0.05, 0) is 37.3 Å². The molecule has 1 aliphatic carbocycles. The third kappa shape index (κ3) is 1.94. The summed E-state index contributed by atoms with van der Waals surface area (Å²) in [6, 6.07) is 4.33. The number of hydrogen-bond acceptors (Lipinski definition) is 2. The van der Waals surface area contributed by atoms with Crippen LogP contribution in [-0.4, -0.2) is 22.5 Å². The van der Waals surface area contributed by atoms with Gasteiger partial charge in [0.1, 0.15) is 5.15 Å². The van der Waals surface area contributed by atoms with Crippen LogP contribution >= 0.6 is 23.2 Å². The Labute approximate surface area is 106 Å². The Kier molecular flexibility index (Phi) is 2.82. The fourth-order valence-electron chi connectivity index (χ4n) is 2.98. The van der Waals surface area contributed by atoms with Gasteiger partial charge in [0.25, 0.3) is 0 Å². The zero-order valence-corrected chi connectivity index (χ0v) is 10.5. The number of piperidine rings is 1. The van der Waals surface area contributed by atoms with Gasteiger partial charge in [-0.2, -0.15) is 0 Å². The molecule has 1 aliphatic heterocycles. The molecule has 2 fully saturated rings. The Balaban J connectivity index is 1.76. The number of nitrogens with zero attached hydrogens (tertiary/aromatic N) is 2. The maximum absolute atomic E-state index is 6.13. The van der Waals surface area contributed by atoms with E-state index in [2.05, 4.69) is 9.88 Å². The van der Waals surface area contributed by atoms with E-state index in [1.54, 1.807) is 6.07 Å². The van der Waals surface area contributed by atoms with Crippen molar-refractivity contribution in [3.8, 4) is 0 Å². The van der Waals surface area contributed by atoms with Crippen LogP contribution in [0.1, 0.15) is 25.0 Å². The van der Waals surface area contributed by atoms with Crippen molar-refractivity contribution < 1.29 is 0 Å². The van der Waals surface area contributed by atoms with E-state index in [0.29, 0.717) is 5.15 Å². The van der Waals surface area contributed by atoms with Crippen LogP contribution in [0, 0.1) is 5.92 Å². The van der Waals surface area contributed by atoms with Gasteiger partial charge in [-0.15, -0.1) is 0 Å². The van der Waals surface area contributed by atoms with Crippen molar-refractivity contribution in [3.63, 3.8) is 0 Å². The van der Waals surface area contributed by atoms with Crippen LogP contribution in [0.15, 0.2) is 12.1 Å². The van der Waals surface area contributed by atoms with Gasteiger partial charge >= 0.3 is 0 Å². The Morgan fingerprint density at radius 3 is 2.88 bits per heavy atom. The van der Waals surface area contributed by atoms with Crippen LogP contribution < -0.4 is 0 Å². The maximum Gasteiger partial charge on any atom is 0.129 e. The zero-order valence-electron chi connectivity index (χ0n) is 9.00. The summed E-state index contributed by atoms with van der Waals surface area (Å²) in [6.45, 7) is 2.05.